The van der Waals surface area contributed by atoms with Crippen molar-refractivity contribution in [1.82, 2.24) is 31.6 Å². The van der Waals surface area contributed by atoms with Gasteiger partial charge in [-0.15, -0.1) is 0 Å². The van der Waals surface area contributed by atoms with Crippen LogP contribution in [0.25, 0.3) is 10.9 Å². The Labute approximate surface area is 344 Å². The smallest absolute Gasteiger partial charge is 0.326 e. The van der Waals surface area contributed by atoms with Gasteiger partial charge < -0.3 is 62.8 Å². The molecule has 60 heavy (non-hydrogen) atoms. The topological polar surface area (TPSA) is 340 Å². The predicted molar refractivity (Wildman–Crippen MR) is 214 cm³/mol. The van der Waals surface area contributed by atoms with Gasteiger partial charge in [0.25, 0.3) is 0 Å². The Kier molecular flexibility index (Phi) is 18.0. The van der Waals surface area contributed by atoms with Gasteiger partial charge in [0.1, 0.15) is 36.0 Å². The van der Waals surface area contributed by atoms with Gasteiger partial charge in [0, 0.05) is 42.8 Å². The third-order valence-corrected chi connectivity index (χ3v) is 9.41. The highest BCUT2D eigenvalue weighted by Gasteiger charge is 2.35. The van der Waals surface area contributed by atoms with Crippen LogP contribution in [-0.4, -0.2) is 120 Å². The molecule has 1 aromatic heterocycles. The molecule has 0 radical (unpaired) electrons. The van der Waals surface area contributed by atoms with Crippen LogP contribution in [0.4, 0.5) is 0 Å². The second-order valence-electron chi connectivity index (χ2n) is 14.8. The average Bonchev–Trinajstić information content (AvgIpc) is 3.59. The number of aliphatic carboxylic acids is 3. The Morgan fingerprint density at radius 1 is 0.650 bits per heavy atom. The number of aliphatic hydroxyl groups excluding tert-OH is 1. The fourth-order valence-electron chi connectivity index (χ4n) is 6.19. The molecule has 0 bridgehead atoms. The number of rotatable bonds is 24. The number of aromatic amines is 1. The first kappa shape index (κ1) is 47.8. The summed E-state index contributed by atoms with van der Waals surface area (Å²) in [5.74, 6) is -8.95. The highest BCUT2D eigenvalue weighted by molar-refractivity contribution is 5.97. The van der Waals surface area contributed by atoms with Crippen LogP contribution in [0.5, 0.6) is 5.75 Å². The average molecular weight is 840 g/mol. The normalized spacial score (nSPS) is 14.7. The lowest BCUT2D eigenvalue weighted by atomic mass is 9.99. The van der Waals surface area contributed by atoms with Gasteiger partial charge >= 0.3 is 17.9 Å². The van der Waals surface area contributed by atoms with Gasteiger partial charge in [0.05, 0.1) is 12.1 Å². The first-order valence-electron chi connectivity index (χ1n) is 19.2. The number of nitrogens with two attached hydrogens (primary N) is 1. The second kappa shape index (κ2) is 22.6. The maximum absolute atomic E-state index is 14.1. The van der Waals surface area contributed by atoms with Gasteiger partial charge in [-0.05, 0) is 61.4 Å². The van der Waals surface area contributed by atoms with E-state index in [2.05, 4.69) is 31.6 Å². The lowest BCUT2D eigenvalue weighted by molar-refractivity contribution is -0.143. The van der Waals surface area contributed by atoms with Crippen molar-refractivity contribution in [2.24, 2.45) is 11.7 Å². The van der Waals surface area contributed by atoms with E-state index in [-0.39, 0.29) is 37.4 Å². The molecule has 0 aliphatic heterocycles. The Balaban J connectivity index is 1.93. The number of aromatic nitrogens is 1. The Hall–Kier alpha value is -6.54. The zero-order chi connectivity index (χ0) is 44.7. The Morgan fingerprint density at radius 3 is 1.78 bits per heavy atom. The number of phenols is 1. The summed E-state index contributed by atoms with van der Waals surface area (Å²) in [5.41, 5.74) is 7.60. The molecule has 0 saturated carbocycles. The molecule has 7 atom stereocenters. The monoisotopic (exact) mass is 839 g/mol. The van der Waals surface area contributed by atoms with Crippen LogP contribution in [-0.2, 0) is 51.2 Å². The molecule has 0 unspecified atom stereocenters. The number of para-hydroxylation sites is 1. The number of aliphatic hydroxyl groups is 1. The number of carbonyl (C=O) groups is 8. The largest absolute Gasteiger partial charge is 0.508 e. The molecule has 0 spiro atoms. The first-order valence-corrected chi connectivity index (χ1v) is 19.2. The number of amides is 5. The lowest BCUT2D eigenvalue weighted by Crippen LogP contribution is -2.62. The number of hydrogen-bond acceptors (Lipinski definition) is 11. The zero-order valence-corrected chi connectivity index (χ0v) is 33.3. The van der Waals surface area contributed by atoms with E-state index in [0.717, 1.165) is 0 Å². The van der Waals surface area contributed by atoms with Crippen molar-refractivity contribution in [2.45, 2.75) is 108 Å². The highest BCUT2D eigenvalue weighted by Crippen LogP contribution is 2.20. The number of H-pyrrole nitrogens is 1. The van der Waals surface area contributed by atoms with Gasteiger partial charge in [0.2, 0.25) is 29.5 Å². The lowest BCUT2D eigenvalue weighted by Gasteiger charge is -2.28. The molecule has 0 fully saturated rings. The minimum absolute atomic E-state index is 0.0110. The van der Waals surface area contributed by atoms with Crippen molar-refractivity contribution >= 4 is 58.3 Å². The quantitative estimate of drug-likeness (QED) is 0.0549. The number of carbonyl (C=O) groups excluding carboxylic acids is 5. The number of hydrogen-bond donors (Lipinski definition) is 12. The Bertz CT molecular complexity index is 2000. The predicted octanol–water partition coefficient (Wildman–Crippen LogP) is -0.349. The molecular weight excluding hydrogens is 786 g/mol. The molecule has 20 nitrogen and oxygen atoms in total. The summed E-state index contributed by atoms with van der Waals surface area (Å²) in [6, 6.07) is 3.83. The molecule has 0 aliphatic carbocycles. The molecule has 0 aliphatic rings. The van der Waals surface area contributed by atoms with Crippen molar-refractivity contribution in [3.05, 3.63) is 65.9 Å². The Morgan fingerprint density at radius 2 is 1.18 bits per heavy atom. The van der Waals surface area contributed by atoms with Crippen molar-refractivity contribution in [3.8, 4) is 5.75 Å². The summed E-state index contributed by atoms with van der Waals surface area (Å²) < 4.78 is 0. The highest BCUT2D eigenvalue weighted by atomic mass is 16.4. The molecule has 5 amide bonds. The summed E-state index contributed by atoms with van der Waals surface area (Å²) in [6.45, 7) is 4.68. The van der Waals surface area contributed by atoms with Gasteiger partial charge in [-0.25, -0.2) is 4.79 Å². The van der Waals surface area contributed by atoms with E-state index in [0.29, 0.717) is 22.0 Å². The van der Waals surface area contributed by atoms with E-state index in [1.165, 1.54) is 31.2 Å². The zero-order valence-electron chi connectivity index (χ0n) is 33.3. The number of fused-ring (bicyclic) bond motifs is 1. The van der Waals surface area contributed by atoms with Crippen LogP contribution in [0.15, 0.2) is 54.7 Å². The van der Waals surface area contributed by atoms with Gasteiger partial charge in [-0.1, -0.05) is 44.2 Å². The van der Waals surface area contributed by atoms with Crippen LogP contribution in [0.2, 0.25) is 0 Å². The standard InChI is InChI=1S/C40H53N7O13/c1-20(2)16-29(36(55)43-28(40(59)60)13-15-33(52)53)45-37(56)31(18-23-19-42-27-7-5-4-6-25(23)27)46-39(58)34(21(3)48)47-38(57)30(17-22-8-10-24(49)11-9-22)44-35(54)26(41)12-14-32(50)51/h4-11,19-21,26,28-31,34,42,48-49H,12-18,41H2,1-3H3,(H,43,55)(H,44,54)(H,45,56)(H,46,58)(H,47,57)(H,50,51)(H,52,53)(H,59,60)/t21-,26+,28+,29+,30+,31+,34+/m1/s1. The van der Waals surface area contributed by atoms with Crippen LogP contribution < -0.4 is 32.3 Å². The summed E-state index contributed by atoms with van der Waals surface area (Å²) in [6.07, 6.45) is -2.00. The number of phenolic OH excluding ortho intramolecular Hbond substituents is 1. The van der Waals surface area contributed by atoms with Crippen molar-refractivity contribution in [1.29, 1.82) is 0 Å². The minimum atomic E-state index is -1.74. The van der Waals surface area contributed by atoms with E-state index in [4.69, 9.17) is 15.9 Å². The third-order valence-electron chi connectivity index (χ3n) is 9.41. The second-order valence-corrected chi connectivity index (χ2v) is 14.8. The van der Waals surface area contributed by atoms with E-state index in [1.54, 1.807) is 44.3 Å². The minimum Gasteiger partial charge on any atom is -0.508 e. The van der Waals surface area contributed by atoms with Crippen LogP contribution >= 0.6 is 0 Å². The number of aromatic hydroxyl groups is 1. The molecule has 2 aromatic carbocycles. The maximum Gasteiger partial charge on any atom is 0.326 e. The molecular formula is C40H53N7O13. The molecule has 3 aromatic rings. The number of nitrogens with one attached hydrogen (secondary N) is 6. The van der Waals surface area contributed by atoms with E-state index in [9.17, 15) is 53.7 Å². The molecule has 13 N–H and O–H groups in total. The van der Waals surface area contributed by atoms with Crippen LogP contribution in [0.1, 0.15) is 64.0 Å². The molecule has 0 saturated heterocycles. The van der Waals surface area contributed by atoms with Gasteiger partial charge in [-0.3, -0.25) is 33.6 Å². The van der Waals surface area contributed by atoms with E-state index < -0.39 is 109 Å². The number of carboxylic acids is 3. The molecule has 20 heteroatoms. The van der Waals surface area contributed by atoms with E-state index in [1.807, 2.05) is 0 Å². The summed E-state index contributed by atoms with van der Waals surface area (Å²) in [7, 11) is 0. The molecule has 3 rings (SSSR count). The van der Waals surface area contributed by atoms with Crippen LogP contribution in [0, 0.1) is 5.92 Å². The summed E-state index contributed by atoms with van der Waals surface area (Å²) in [4.78, 5) is 105. The summed E-state index contributed by atoms with van der Waals surface area (Å²) in [5, 5.41) is 61.2. The van der Waals surface area contributed by atoms with Crippen molar-refractivity contribution in [3.63, 3.8) is 0 Å². The summed E-state index contributed by atoms with van der Waals surface area (Å²) >= 11 is 0. The maximum atomic E-state index is 14.1. The van der Waals surface area contributed by atoms with Crippen molar-refractivity contribution < 1.29 is 63.9 Å². The van der Waals surface area contributed by atoms with E-state index >= 15 is 0 Å². The van der Waals surface area contributed by atoms with Crippen molar-refractivity contribution in [2.75, 3.05) is 0 Å². The molecule has 1 heterocycles. The number of carboxylic acid groups (broad SMARTS) is 3. The van der Waals surface area contributed by atoms with Gasteiger partial charge in [-0.2, -0.15) is 0 Å². The SMILES string of the molecule is CC(C)C[C@H](NC(=O)[C@H](Cc1c[nH]c2ccccc12)NC(=O)[C@@H](NC(=O)[C@H](Cc1ccc(O)cc1)NC(=O)[C@@H](N)CCC(=O)O)[C@@H](C)O)C(=O)N[C@@H](CCC(=O)O)C(=O)O. The number of benzene rings is 2. The first-order chi connectivity index (χ1) is 28.2. The third kappa shape index (κ3) is 15.0. The fourth-order valence-corrected chi connectivity index (χ4v) is 6.19. The van der Waals surface area contributed by atoms with Crippen LogP contribution in [0.3, 0.4) is 0 Å². The molecule has 326 valence electrons. The fraction of sp³-hybridized carbons (Fsp3) is 0.450. The van der Waals surface area contributed by atoms with Gasteiger partial charge in [0.15, 0.2) is 0 Å².